The Morgan fingerprint density at radius 1 is 1.40 bits per heavy atom. The molecule has 1 fully saturated rings. The number of hydrogen-bond acceptors (Lipinski definition) is 1. The average molecular weight is 153 g/mol. The number of alkyl halides is 3. The molecule has 1 aliphatic heterocycles. The molecule has 4 heteroatoms. The molecule has 0 saturated carbocycles. The van der Waals surface area contributed by atoms with E-state index in [2.05, 4.69) is 5.32 Å². The van der Waals surface area contributed by atoms with Crippen LogP contribution >= 0.6 is 0 Å². The van der Waals surface area contributed by atoms with Gasteiger partial charge in [-0.1, -0.05) is 0 Å². The maximum Gasteiger partial charge on any atom is 0.393 e. The van der Waals surface area contributed by atoms with Crippen molar-refractivity contribution in [3.63, 3.8) is 0 Å². The van der Waals surface area contributed by atoms with Crippen LogP contribution in [0.25, 0.3) is 0 Å². The highest BCUT2D eigenvalue weighted by atomic mass is 19.4. The lowest BCUT2D eigenvalue weighted by molar-refractivity contribution is -0.169. The zero-order chi connectivity index (χ0) is 7.78. The quantitative estimate of drug-likeness (QED) is 0.556. The molecular formula is C6H10F3N. The third-order valence-corrected chi connectivity index (χ3v) is 1.81. The molecule has 0 aliphatic carbocycles. The molecule has 0 aromatic heterocycles. The van der Waals surface area contributed by atoms with Gasteiger partial charge in [0.25, 0.3) is 0 Å². The van der Waals surface area contributed by atoms with Gasteiger partial charge in [0.05, 0.1) is 5.92 Å². The third kappa shape index (κ3) is 1.62. The standard InChI is InChI=1S/C6H10F3N/c1-4-2-5(3-10-4)6(7,8)9/h4-5,10H,2-3H2,1H3. The SMILES string of the molecule is CC1CC(C(F)(F)F)CN1. The summed E-state index contributed by atoms with van der Waals surface area (Å²) in [6, 6.07) is 0.0200. The molecule has 2 atom stereocenters. The minimum atomic E-state index is -4.00. The number of hydrogen-bond donors (Lipinski definition) is 1. The molecule has 0 amide bonds. The summed E-state index contributed by atoms with van der Waals surface area (Å²) >= 11 is 0. The first kappa shape index (κ1) is 7.85. The van der Waals surface area contributed by atoms with Crippen LogP contribution in [0.1, 0.15) is 13.3 Å². The van der Waals surface area contributed by atoms with Crippen molar-refractivity contribution in [2.24, 2.45) is 5.92 Å². The maximum atomic E-state index is 11.9. The van der Waals surface area contributed by atoms with Crippen molar-refractivity contribution in [2.75, 3.05) is 6.54 Å². The van der Waals surface area contributed by atoms with Crippen LogP contribution in [0.3, 0.4) is 0 Å². The minimum absolute atomic E-state index is 0.0200. The summed E-state index contributed by atoms with van der Waals surface area (Å²) in [4.78, 5) is 0. The van der Waals surface area contributed by atoms with Gasteiger partial charge in [-0.25, -0.2) is 0 Å². The first-order valence-corrected chi connectivity index (χ1v) is 3.30. The predicted octanol–water partition coefficient (Wildman–Crippen LogP) is 1.55. The number of nitrogens with one attached hydrogen (secondary N) is 1. The fourth-order valence-electron chi connectivity index (χ4n) is 1.19. The first-order valence-electron chi connectivity index (χ1n) is 3.30. The highest BCUT2D eigenvalue weighted by molar-refractivity contribution is 4.82. The summed E-state index contributed by atoms with van der Waals surface area (Å²) in [6.07, 6.45) is -3.78. The molecule has 1 N–H and O–H groups in total. The first-order chi connectivity index (χ1) is 4.50. The van der Waals surface area contributed by atoms with Crippen molar-refractivity contribution in [1.82, 2.24) is 5.32 Å². The Morgan fingerprint density at radius 2 is 2.00 bits per heavy atom. The van der Waals surface area contributed by atoms with Crippen molar-refractivity contribution in [3.8, 4) is 0 Å². The van der Waals surface area contributed by atoms with Gasteiger partial charge in [-0.2, -0.15) is 13.2 Å². The van der Waals surface area contributed by atoms with Gasteiger partial charge in [0.2, 0.25) is 0 Å². The molecular weight excluding hydrogens is 143 g/mol. The molecule has 1 aliphatic rings. The zero-order valence-electron chi connectivity index (χ0n) is 5.70. The van der Waals surface area contributed by atoms with Gasteiger partial charge in [0.1, 0.15) is 0 Å². The van der Waals surface area contributed by atoms with Gasteiger partial charge in [0, 0.05) is 12.6 Å². The van der Waals surface area contributed by atoms with E-state index >= 15 is 0 Å². The molecule has 0 spiro atoms. The van der Waals surface area contributed by atoms with Crippen LogP contribution in [0, 0.1) is 5.92 Å². The molecule has 10 heavy (non-hydrogen) atoms. The van der Waals surface area contributed by atoms with Crippen molar-refractivity contribution < 1.29 is 13.2 Å². The van der Waals surface area contributed by atoms with Gasteiger partial charge in [-0.15, -0.1) is 0 Å². The monoisotopic (exact) mass is 153 g/mol. The van der Waals surface area contributed by atoms with E-state index in [-0.39, 0.29) is 19.0 Å². The van der Waals surface area contributed by atoms with Gasteiger partial charge >= 0.3 is 6.18 Å². The Hall–Kier alpha value is -0.250. The minimum Gasteiger partial charge on any atom is -0.314 e. The summed E-state index contributed by atoms with van der Waals surface area (Å²) in [7, 11) is 0. The Morgan fingerprint density at radius 3 is 2.20 bits per heavy atom. The van der Waals surface area contributed by atoms with E-state index in [9.17, 15) is 13.2 Å². The fourth-order valence-corrected chi connectivity index (χ4v) is 1.19. The van der Waals surface area contributed by atoms with Crippen LogP contribution in [0.4, 0.5) is 13.2 Å². The molecule has 0 radical (unpaired) electrons. The lowest BCUT2D eigenvalue weighted by atomic mass is 10.1. The highest BCUT2D eigenvalue weighted by Crippen LogP contribution is 2.32. The zero-order valence-corrected chi connectivity index (χ0v) is 5.70. The van der Waals surface area contributed by atoms with Crippen LogP contribution in [0.15, 0.2) is 0 Å². The topological polar surface area (TPSA) is 12.0 Å². The van der Waals surface area contributed by atoms with E-state index in [1.165, 1.54) is 0 Å². The largest absolute Gasteiger partial charge is 0.393 e. The predicted molar refractivity (Wildman–Crippen MR) is 31.6 cm³/mol. The molecule has 60 valence electrons. The van der Waals surface area contributed by atoms with Crippen LogP contribution < -0.4 is 5.32 Å². The second kappa shape index (κ2) is 2.42. The lowest BCUT2D eigenvalue weighted by Gasteiger charge is -2.12. The van der Waals surface area contributed by atoms with E-state index in [1.807, 2.05) is 0 Å². The fraction of sp³-hybridized carbons (Fsp3) is 1.00. The average Bonchev–Trinajstić information content (AvgIpc) is 2.11. The van der Waals surface area contributed by atoms with E-state index in [4.69, 9.17) is 0 Å². The van der Waals surface area contributed by atoms with Crippen molar-refractivity contribution in [3.05, 3.63) is 0 Å². The Kier molecular flexibility index (Phi) is 1.90. The van der Waals surface area contributed by atoms with E-state index < -0.39 is 12.1 Å². The van der Waals surface area contributed by atoms with E-state index in [0.29, 0.717) is 0 Å². The number of rotatable bonds is 0. The molecule has 1 nitrogen and oxygen atoms in total. The van der Waals surface area contributed by atoms with Gasteiger partial charge in [-0.05, 0) is 13.3 Å². The van der Waals surface area contributed by atoms with Gasteiger partial charge in [-0.3, -0.25) is 0 Å². The molecule has 0 aromatic carbocycles. The molecule has 0 aromatic rings. The van der Waals surface area contributed by atoms with Crippen molar-refractivity contribution in [1.29, 1.82) is 0 Å². The lowest BCUT2D eigenvalue weighted by Crippen LogP contribution is -2.24. The molecule has 2 unspecified atom stereocenters. The van der Waals surface area contributed by atoms with Crippen LogP contribution in [-0.2, 0) is 0 Å². The second-order valence-corrected chi connectivity index (χ2v) is 2.78. The van der Waals surface area contributed by atoms with Gasteiger partial charge in [0.15, 0.2) is 0 Å². The van der Waals surface area contributed by atoms with E-state index in [1.54, 1.807) is 6.92 Å². The maximum absolute atomic E-state index is 11.9. The Labute approximate surface area is 57.6 Å². The summed E-state index contributed by atoms with van der Waals surface area (Å²) < 4.78 is 35.7. The third-order valence-electron chi connectivity index (χ3n) is 1.81. The van der Waals surface area contributed by atoms with Crippen LogP contribution in [-0.4, -0.2) is 18.8 Å². The van der Waals surface area contributed by atoms with Crippen molar-refractivity contribution >= 4 is 0 Å². The molecule has 1 heterocycles. The van der Waals surface area contributed by atoms with E-state index in [0.717, 1.165) is 0 Å². The highest BCUT2D eigenvalue weighted by Gasteiger charge is 2.42. The molecule has 1 rings (SSSR count). The summed E-state index contributed by atoms with van der Waals surface area (Å²) in [5.41, 5.74) is 0. The summed E-state index contributed by atoms with van der Waals surface area (Å²) in [5.74, 6) is -1.12. The van der Waals surface area contributed by atoms with Crippen molar-refractivity contribution in [2.45, 2.75) is 25.6 Å². The smallest absolute Gasteiger partial charge is 0.314 e. The number of halogens is 3. The van der Waals surface area contributed by atoms with Crippen LogP contribution in [0.2, 0.25) is 0 Å². The summed E-state index contributed by atoms with van der Waals surface area (Å²) in [5, 5.41) is 2.76. The second-order valence-electron chi connectivity index (χ2n) is 2.78. The van der Waals surface area contributed by atoms with Gasteiger partial charge < -0.3 is 5.32 Å². The van der Waals surface area contributed by atoms with Crippen LogP contribution in [0.5, 0.6) is 0 Å². The normalized spacial score (nSPS) is 34.8. The summed E-state index contributed by atoms with van der Waals surface area (Å²) in [6.45, 7) is 1.86. The molecule has 0 bridgehead atoms. The Bertz CT molecular complexity index is 121. The Balaban J connectivity index is 2.45. The molecule has 1 saturated heterocycles.